The van der Waals surface area contributed by atoms with Crippen LogP contribution in [0.4, 0.5) is 4.79 Å². The molecule has 1 aromatic rings. The third kappa shape index (κ3) is 11.1. The number of carbonyl (C=O) groups is 6. The maximum absolute atomic E-state index is 12.5. The topological polar surface area (TPSA) is 241 Å². The molecule has 2 amide bonds. The van der Waals surface area contributed by atoms with E-state index in [0.717, 1.165) is 34.6 Å². The van der Waals surface area contributed by atoms with E-state index in [1.807, 2.05) is 0 Å². The number of aliphatic hydroxyl groups excluding tert-OH is 2. The second kappa shape index (κ2) is 17.7. The summed E-state index contributed by atoms with van der Waals surface area (Å²) in [6, 6.07) is 5.91. The summed E-state index contributed by atoms with van der Waals surface area (Å²) in [7, 11) is 0. The Labute approximate surface area is 275 Å². The van der Waals surface area contributed by atoms with Gasteiger partial charge in [-0.25, -0.2) is 4.79 Å². The summed E-state index contributed by atoms with van der Waals surface area (Å²) in [5, 5.41) is 26.8. The van der Waals surface area contributed by atoms with Crippen LogP contribution < -0.4 is 10.6 Å². The van der Waals surface area contributed by atoms with Crippen LogP contribution in [0.15, 0.2) is 30.3 Å². The Morgan fingerprint density at radius 2 is 1.29 bits per heavy atom. The Morgan fingerprint density at radius 3 is 1.88 bits per heavy atom. The Morgan fingerprint density at radius 1 is 0.688 bits per heavy atom. The molecule has 0 saturated carbocycles. The number of rotatable bonds is 12. The number of alkyl carbamates (subject to hydrolysis) is 1. The van der Waals surface area contributed by atoms with Crippen molar-refractivity contribution in [1.82, 2.24) is 10.6 Å². The predicted molar refractivity (Wildman–Crippen MR) is 156 cm³/mol. The van der Waals surface area contributed by atoms with Crippen LogP contribution >= 0.6 is 0 Å². The number of ether oxygens (including phenoxy) is 8. The van der Waals surface area contributed by atoms with E-state index in [-0.39, 0.29) is 6.61 Å². The summed E-state index contributed by atoms with van der Waals surface area (Å²) >= 11 is 0. The second-order valence-corrected chi connectivity index (χ2v) is 10.9. The highest BCUT2D eigenvalue weighted by Crippen LogP contribution is 2.30. The Hall–Kier alpha value is -4.36. The molecule has 48 heavy (non-hydrogen) atoms. The van der Waals surface area contributed by atoms with Gasteiger partial charge in [0.1, 0.15) is 43.6 Å². The van der Waals surface area contributed by atoms with E-state index < -0.39 is 110 Å². The van der Waals surface area contributed by atoms with Crippen molar-refractivity contribution in [3.05, 3.63) is 35.9 Å². The normalized spacial score (nSPS) is 29.8. The number of nitrogens with one attached hydrogen (secondary N) is 2. The first-order valence-corrected chi connectivity index (χ1v) is 14.8. The van der Waals surface area contributed by atoms with Crippen molar-refractivity contribution in [2.24, 2.45) is 0 Å². The van der Waals surface area contributed by atoms with Crippen molar-refractivity contribution in [3.8, 4) is 0 Å². The Balaban J connectivity index is 1.80. The fourth-order valence-corrected chi connectivity index (χ4v) is 5.08. The molecule has 0 unspecified atom stereocenters. The minimum absolute atomic E-state index is 0.116. The van der Waals surface area contributed by atoms with E-state index in [0.29, 0.717) is 5.56 Å². The monoisotopic (exact) mass is 684 g/mol. The second-order valence-electron chi connectivity index (χ2n) is 10.9. The molecule has 266 valence electrons. The smallest absolute Gasteiger partial charge is 0.407 e. The van der Waals surface area contributed by atoms with Gasteiger partial charge < -0.3 is 58.7 Å². The number of amides is 2. The van der Waals surface area contributed by atoms with Crippen molar-refractivity contribution in [2.75, 3.05) is 13.2 Å². The van der Waals surface area contributed by atoms with E-state index in [4.69, 9.17) is 37.9 Å². The zero-order valence-electron chi connectivity index (χ0n) is 26.9. The minimum atomic E-state index is -1.85. The van der Waals surface area contributed by atoms with Crippen LogP contribution in [-0.2, 0) is 68.5 Å². The van der Waals surface area contributed by atoms with Crippen LogP contribution in [0.2, 0.25) is 0 Å². The maximum Gasteiger partial charge on any atom is 0.407 e. The van der Waals surface area contributed by atoms with Crippen molar-refractivity contribution in [2.45, 2.75) is 103 Å². The molecule has 2 aliphatic rings. The number of aliphatic hydroxyl groups is 2. The van der Waals surface area contributed by atoms with Gasteiger partial charge in [0.25, 0.3) is 0 Å². The molecule has 0 radical (unpaired) electrons. The SMILES string of the molecule is CC(=O)N[C@H]1[C@H](OC[C@H]2O[C@H](O)[C@H](NC(=O)OCc3ccccc3)[C@@H](OC(C)=O)[C@@H]2O)O[C@H](COC(C)=O)[C@@H](OC(C)=O)[C@@H]1OC(C)=O. The molecule has 0 aromatic heterocycles. The van der Waals surface area contributed by atoms with E-state index in [2.05, 4.69) is 10.6 Å². The lowest BCUT2D eigenvalue weighted by molar-refractivity contribution is -0.301. The largest absolute Gasteiger partial charge is 0.463 e. The molecule has 10 atom stereocenters. The summed E-state index contributed by atoms with van der Waals surface area (Å²) in [6.07, 6.45) is -13.1. The molecule has 18 heteroatoms. The van der Waals surface area contributed by atoms with Gasteiger partial charge in [-0.1, -0.05) is 30.3 Å². The van der Waals surface area contributed by atoms with Gasteiger partial charge in [-0.15, -0.1) is 0 Å². The zero-order chi connectivity index (χ0) is 35.5. The molecular weight excluding hydrogens is 644 g/mol. The van der Waals surface area contributed by atoms with Gasteiger partial charge in [-0.05, 0) is 5.56 Å². The van der Waals surface area contributed by atoms with Crippen molar-refractivity contribution in [3.63, 3.8) is 0 Å². The molecule has 2 aliphatic heterocycles. The number of esters is 4. The standard InChI is InChI=1S/C30H40N2O16/c1-14(33)31-23-27(46-18(5)37)25(44-16(3)35)21(13-41-15(2)34)48-29(23)42-12-20-24(38)26(45-17(4)36)22(28(39)47-20)32-30(40)43-11-19-9-7-6-8-10-19/h6-10,20-29,38-39H,11-13H2,1-5H3,(H,31,33)(H,32,40)/t20-,21-,22-,23-,24-,25-,26-,27-,28+,29-/m1/s1. The Bertz CT molecular complexity index is 1290. The number of carbonyl (C=O) groups excluding carboxylic acids is 6. The summed E-state index contributed by atoms with van der Waals surface area (Å²) in [5.41, 5.74) is 0.676. The van der Waals surface area contributed by atoms with Crippen molar-refractivity contribution >= 4 is 35.9 Å². The number of hydrogen-bond donors (Lipinski definition) is 4. The van der Waals surface area contributed by atoms with Gasteiger partial charge in [0, 0.05) is 34.6 Å². The van der Waals surface area contributed by atoms with Gasteiger partial charge in [0.2, 0.25) is 5.91 Å². The molecule has 4 N–H and O–H groups in total. The highest BCUT2D eigenvalue weighted by molar-refractivity contribution is 5.74. The number of benzene rings is 1. The van der Waals surface area contributed by atoms with Crippen LogP contribution in [0.3, 0.4) is 0 Å². The quantitative estimate of drug-likeness (QED) is 0.152. The lowest BCUT2D eigenvalue weighted by Gasteiger charge is -2.46. The molecule has 2 saturated heterocycles. The molecular formula is C30H40N2O16. The van der Waals surface area contributed by atoms with Crippen LogP contribution in [0.5, 0.6) is 0 Å². The lowest BCUT2D eigenvalue weighted by atomic mass is 9.95. The van der Waals surface area contributed by atoms with Gasteiger partial charge in [-0.3, -0.25) is 24.0 Å². The maximum atomic E-state index is 12.5. The summed E-state index contributed by atoms with van der Waals surface area (Å²) in [5.74, 6) is -3.80. The fraction of sp³-hybridized carbons (Fsp3) is 0.600. The molecule has 0 bridgehead atoms. The van der Waals surface area contributed by atoms with E-state index in [1.54, 1.807) is 30.3 Å². The lowest BCUT2D eigenvalue weighted by Crippen LogP contribution is -2.68. The minimum Gasteiger partial charge on any atom is -0.463 e. The summed E-state index contributed by atoms with van der Waals surface area (Å²) < 4.78 is 43.5. The first kappa shape index (κ1) is 38.1. The highest BCUT2D eigenvalue weighted by atomic mass is 16.7. The van der Waals surface area contributed by atoms with Crippen LogP contribution in [-0.4, -0.2) is 121 Å². The van der Waals surface area contributed by atoms with E-state index >= 15 is 0 Å². The van der Waals surface area contributed by atoms with E-state index in [1.165, 1.54) is 0 Å². The third-order valence-electron chi connectivity index (χ3n) is 6.99. The number of hydrogen-bond acceptors (Lipinski definition) is 16. The third-order valence-corrected chi connectivity index (χ3v) is 6.99. The molecule has 0 spiro atoms. The van der Waals surface area contributed by atoms with Crippen molar-refractivity contribution in [1.29, 1.82) is 0 Å². The van der Waals surface area contributed by atoms with Crippen LogP contribution in [0.1, 0.15) is 40.2 Å². The van der Waals surface area contributed by atoms with E-state index in [9.17, 15) is 39.0 Å². The van der Waals surface area contributed by atoms with Gasteiger partial charge in [-0.2, -0.15) is 0 Å². The summed E-state index contributed by atoms with van der Waals surface area (Å²) in [6.45, 7) is 4.29. The van der Waals surface area contributed by atoms with Crippen LogP contribution in [0, 0.1) is 0 Å². The van der Waals surface area contributed by atoms with Crippen molar-refractivity contribution < 1.29 is 76.9 Å². The van der Waals surface area contributed by atoms with Gasteiger partial charge >= 0.3 is 30.0 Å². The highest BCUT2D eigenvalue weighted by Gasteiger charge is 2.53. The average molecular weight is 685 g/mol. The molecule has 2 fully saturated rings. The molecule has 3 rings (SSSR count). The van der Waals surface area contributed by atoms with Gasteiger partial charge in [0.15, 0.2) is 30.9 Å². The molecule has 1 aromatic carbocycles. The first-order chi connectivity index (χ1) is 22.7. The Kier molecular flexibility index (Phi) is 14.0. The molecule has 18 nitrogen and oxygen atoms in total. The fourth-order valence-electron chi connectivity index (χ4n) is 5.08. The predicted octanol–water partition coefficient (Wildman–Crippen LogP) is -1.04. The molecule has 2 heterocycles. The average Bonchev–Trinajstić information content (AvgIpc) is 3.00. The van der Waals surface area contributed by atoms with Crippen LogP contribution in [0.25, 0.3) is 0 Å². The zero-order valence-corrected chi connectivity index (χ0v) is 26.9. The van der Waals surface area contributed by atoms with Gasteiger partial charge in [0.05, 0.1) is 6.61 Å². The molecule has 0 aliphatic carbocycles. The summed E-state index contributed by atoms with van der Waals surface area (Å²) in [4.78, 5) is 72.3. The first-order valence-electron chi connectivity index (χ1n) is 14.8.